The minimum Gasteiger partial charge on any atom is -0.481 e. The van der Waals surface area contributed by atoms with Crippen molar-refractivity contribution in [3.8, 4) is 6.07 Å². The molecule has 1 atom stereocenters. The van der Waals surface area contributed by atoms with Crippen molar-refractivity contribution in [2.45, 2.75) is 13.0 Å². The second-order valence-electron chi connectivity index (χ2n) is 4.43. The van der Waals surface area contributed by atoms with Crippen molar-refractivity contribution in [3.05, 3.63) is 35.1 Å². The molecule has 1 fully saturated rings. The molecule has 1 heterocycles. The van der Waals surface area contributed by atoms with Crippen LogP contribution in [0.5, 0.6) is 0 Å². The van der Waals surface area contributed by atoms with Crippen LogP contribution >= 0.6 is 0 Å². The molecule has 19 heavy (non-hydrogen) atoms. The van der Waals surface area contributed by atoms with Gasteiger partial charge in [0.1, 0.15) is 5.82 Å². The fraction of sp³-hybridized carbons (Fsp3) is 0.308. The van der Waals surface area contributed by atoms with Crippen molar-refractivity contribution in [1.29, 1.82) is 5.26 Å². The maximum Gasteiger partial charge on any atom is 0.308 e. The van der Waals surface area contributed by atoms with Gasteiger partial charge in [-0.25, -0.2) is 4.39 Å². The van der Waals surface area contributed by atoms with Gasteiger partial charge in [0.25, 0.3) is 0 Å². The van der Waals surface area contributed by atoms with E-state index in [4.69, 9.17) is 10.4 Å². The summed E-state index contributed by atoms with van der Waals surface area (Å²) < 4.78 is 13.2. The standard InChI is InChI=1S/C13H11FN2O3/c14-11-2-1-8(5-15)9(3-11)6-16-7-10(13(18)19)4-12(16)17/h1-3,10H,4,6-7H2,(H,18,19). The van der Waals surface area contributed by atoms with Crippen molar-refractivity contribution in [3.63, 3.8) is 0 Å². The summed E-state index contributed by atoms with van der Waals surface area (Å²) in [5, 5.41) is 17.8. The average molecular weight is 262 g/mol. The Morgan fingerprint density at radius 3 is 2.89 bits per heavy atom. The minimum atomic E-state index is -1.02. The summed E-state index contributed by atoms with van der Waals surface area (Å²) in [6, 6.07) is 5.64. The molecule has 0 saturated carbocycles. The molecule has 98 valence electrons. The molecule has 1 saturated heterocycles. The number of hydrogen-bond acceptors (Lipinski definition) is 3. The highest BCUT2D eigenvalue weighted by Gasteiger charge is 2.34. The predicted octanol–water partition coefficient (Wildman–Crippen LogP) is 1.13. The Hall–Kier alpha value is -2.42. The molecule has 0 aliphatic carbocycles. The number of halogens is 1. The number of carbonyl (C=O) groups is 2. The van der Waals surface area contributed by atoms with Gasteiger partial charge in [-0.2, -0.15) is 5.26 Å². The van der Waals surface area contributed by atoms with Gasteiger partial charge in [0.15, 0.2) is 0 Å². The van der Waals surface area contributed by atoms with E-state index in [-0.39, 0.29) is 31.0 Å². The van der Waals surface area contributed by atoms with E-state index in [2.05, 4.69) is 0 Å². The lowest BCUT2D eigenvalue weighted by Crippen LogP contribution is -2.26. The molecular weight excluding hydrogens is 251 g/mol. The highest BCUT2D eigenvalue weighted by atomic mass is 19.1. The summed E-state index contributed by atoms with van der Waals surface area (Å²) in [5.41, 5.74) is 0.676. The molecule has 1 N–H and O–H groups in total. The zero-order valence-electron chi connectivity index (χ0n) is 9.97. The summed E-state index contributed by atoms with van der Waals surface area (Å²) in [6.07, 6.45) is -0.0491. The summed E-state index contributed by atoms with van der Waals surface area (Å²) >= 11 is 0. The van der Waals surface area contributed by atoms with Crippen LogP contribution in [-0.4, -0.2) is 28.4 Å². The largest absolute Gasteiger partial charge is 0.481 e. The first kappa shape index (κ1) is 13.0. The number of hydrogen-bond donors (Lipinski definition) is 1. The van der Waals surface area contributed by atoms with E-state index in [0.29, 0.717) is 5.56 Å². The molecule has 1 unspecified atom stereocenters. The molecule has 1 aliphatic rings. The van der Waals surface area contributed by atoms with Crippen LogP contribution in [0.3, 0.4) is 0 Å². The zero-order chi connectivity index (χ0) is 14.0. The first-order chi connectivity index (χ1) is 9.01. The fourth-order valence-electron chi connectivity index (χ4n) is 2.10. The summed E-state index contributed by atoms with van der Waals surface area (Å²) in [6.45, 7) is 0.152. The lowest BCUT2D eigenvalue weighted by molar-refractivity contribution is -0.141. The van der Waals surface area contributed by atoms with E-state index in [0.717, 1.165) is 0 Å². The van der Waals surface area contributed by atoms with Crippen molar-refractivity contribution in [2.75, 3.05) is 6.54 Å². The van der Waals surface area contributed by atoms with Crippen LogP contribution in [0.2, 0.25) is 0 Å². The quantitative estimate of drug-likeness (QED) is 0.885. The van der Waals surface area contributed by atoms with Gasteiger partial charge in [0, 0.05) is 19.5 Å². The maximum atomic E-state index is 13.2. The van der Waals surface area contributed by atoms with E-state index in [1.165, 1.54) is 23.1 Å². The molecule has 1 aromatic rings. The number of aliphatic carboxylic acids is 1. The molecule has 1 aliphatic heterocycles. The van der Waals surface area contributed by atoms with Gasteiger partial charge < -0.3 is 10.0 Å². The Bertz CT molecular complexity index is 580. The second-order valence-corrected chi connectivity index (χ2v) is 4.43. The SMILES string of the molecule is N#Cc1ccc(F)cc1CN1CC(C(=O)O)CC1=O. The third-order valence-electron chi connectivity index (χ3n) is 3.11. The molecule has 5 nitrogen and oxygen atoms in total. The molecular formula is C13H11FN2O3. The molecule has 1 aromatic carbocycles. The van der Waals surface area contributed by atoms with Crippen molar-refractivity contribution < 1.29 is 19.1 Å². The first-order valence-electron chi connectivity index (χ1n) is 5.70. The van der Waals surface area contributed by atoms with Gasteiger partial charge in [0.05, 0.1) is 17.6 Å². The Balaban J connectivity index is 2.18. The zero-order valence-corrected chi connectivity index (χ0v) is 9.97. The Kier molecular flexibility index (Phi) is 3.47. The van der Waals surface area contributed by atoms with Crippen molar-refractivity contribution in [1.82, 2.24) is 4.90 Å². The van der Waals surface area contributed by atoms with Gasteiger partial charge in [-0.1, -0.05) is 0 Å². The number of amides is 1. The topological polar surface area (TPSA) is 81.4 Å². The van der Waals surface area contributed by atoms with Crippen LogP contribution in [0.15, 0.2) is 18.2 Å². The van der Waals surface area contributed by atoms with Crippen molar-refractivity contribution in [2.24, 2.45) is 5.92 Å². The van der Waals surface area contributed by atoms with Crippen LogP contribution in [0.4, 0.5) is 4.39 Å². The van der Waals surface area contributed by atoms with E-state index < -0.39 is 17.7 Å². The molecule has 1 amide bonds. The van der Waals surface area contributed by atoms with E-state index in [1.807, 2.05) is 6.07 Å². The van der Waals surface area contributed by atoms with Crippen LogP contribution < -0.4 is 0 Å². The van der Waals surface area contributed by atoms with Gasteiger partial charge >= 0.3 is 5.97 Å². The molecule has 6 heteroatoms. The highest BCUT2D eigenvalue weighted by molar-refractivity contribution is 5.86. The molecule has 2 rings (SSSR count). The number of nitriles is 1. The van der Waals surface area contributed by atoms with Crippen molar-refractivity contribution >= 4 is 11.9 Å². The highest BCUT2D eigenvalue weighted by Crippen LogP contribution is 2.22. The number of carboxylic acids is 1. The maximum absolute atomic E-state index is 13.2. The molecule has 0 spiro atoms. The van der Waals surface area contributed by atoms with E-state index >= 15 is 0 Å². The minimum absolute atomic E-state index is 0.0491. The third-order valence-corrected chi connectivity index (χ3v) is 3.11. The lowest BCUT2D eigenvalue weighted by Gasteiger charge is -2.16. The van der Waals surface area contributed by atoms with Crippen LogP contribution in [0.25, 0.3) is 0 Å². The predicted molar refractivity (Wildman–Crippen MR) is 62.3 cm³/mol. The van der Waals surface area contributed by atoms with Gasteiger partial charge in [-0.05, 0) is 23.8 Å². The number of nitrogens with zero attached hydrogens (tertiary/aromatic N) is 2. The molecule has 0 aromatic heterocycles. The van der Waals surface area contributed by atoms with E-state index in [9.17, 15) is 14.0 Å². The van der Waals surface area contributed by atoms with Crippen LogP contribution in [0, 0.1) is 23.1 Å². The summed E-state index contributed by atoms with van der Waals surface area (Å²) in [7, 11) is 0. The Labute approximate surface area is 108 Å². The number of rotatable bonds is 3. The Morgan fingerprint density at radius 1 is 1.58 bits per heavy atom. The number of likely N-dealkylation sites (tertiary alicyclic amines) is 1. The molecule has 0 radical (unpaired) electrons. The smallest absolute Gasteiger partial charge is 0.308 e. The normalized spacial score (nSPS) is 18.4. The van der Waals surface area contributed by atoms with E-state index in [1.54, 1.807) is 0 Å². The lowest BCUT2D eigenvalue weighted by atomic mass is 10.1. The Morgan fingerprint density at radius 2 is 2.32 bits per heavy atom. The third kappa shape index (κ3) is 2.71. The number of carboxylic acid groups (broad SMARTS) is 1. The second kappa shape index (κ2) is 5.06. The summed E-state index contributed by atoms with van der Waals surface area (Å²) in [5.74, 6) is -2.53. The van der Waals surface area contributed by atoms with Gasteiger partial charge in [-0.15, -0.1) is 0 Å². The average Bonchev–Trinajstić information content (AvgIpc) is 2.72. The molecule has 0 bridgehead atoms. The van der Waals surface area contributed by atoms with Gasteiger partial charge in [-0.3, -0.25) is 9.59 Å². The fourth-order valence-corrected chi connectivity index (χ4v) is 2.10. The first-order valence-corrected chi connectivity index (χ1v) is 5.70. The summed E-state index contributed by atoms with van der Waals surface area (Å²) in [4.78, 5) is 23.8. The monoisotopic (exact) mass is 262 g/mol. The van der Waals surface area contributed by atoms with Crippen LogP contribution in [-0.2, 0) is 16.1 Å². The van der Waals surface area contributed by atoms with Gasteiger partial charge in [0.2, 0.25) is 5.91 Å². The van der Waals surface area contributed by atoms with Crippen LogP contribution in [0.1, 0.15) is 17.5 Å². The number of benzene rings is 1. The number of carbonyl (C=O) groups excluding carboxylic acids is 1.